The molecule has 2 N–H and O–H groups in total. The van der Waals surface area contributed by atoms with Gasteiger partial charge >= 0.3 is 0 Å². The third-order valence-corrected chi connectivity index (χ3v) is 5.10. The molecule has 5 rings (SSSR count). The molecule has 0 spiro atoms. The molecular formula is C19H15N5O3. The van der Waals surface area contributed by atoms with Gasteiger partial charge in [-0.05, 0) is 36.2 Å². The monoisotopic (exact) mass is 361 g/mol. The van der Waals surface area contributed by atoms with E-state index in [4.69, 9.17) is 0 Å². The highest BCUT2D eigenvalue weighted by atomic mass is 16.2. The number of aromatic amines is 1. The van der Waals surface area contributed by atoms with Crippen molar-refractivity contribution in [3.63, 3.8) is 0 Å². The zero-order valence-electron chi connectivity index (χ0n) is 14.2. The first-order valence-electron chi connectivity index (χ1n) is 8.68. The van der Waals surface area contributed by atoms with E-state index in [1.54, 1.807) is 17.3 Å². The van der Waals surface area contributed by atoms with Gasteiger partial charge in [0.05, 0.1) is 17.5 Å². The van der Waals surface area contributed by atoms with Gasteiger partial charge in [0.1, 0.15) is 6.04 Å². The van der Waals surface area contributed by atoms with Crippen LogP contribution in [-0.2, 0) is 16.1 Å². The van der Waals surface area contributed by atoms with Crippen molar-refractivity contribution in [3.05, 3.63) is 47.8 Å². The predicted octanol–water partition coefficient (Wildman–Crippen LogP) is 1.39. The summed E-state index contributed by atoms with van der Waals surface area (Å²) in [6, 6.07) is 8.76. The van der Waals surface area contributed by atoms with Crippen LogP contribution >= 0.6 is 0 Å². The quantitative estimate of drug-likeness (QED) is 0.671. The fourth-order valence-electron chi connectivity index (χ4n) is 3.72. The zero-order chi connectivity index (χ0) is 18.5. The van der Waals surface area contributed by atoms with Gasteiger partial charge in [0, 0.05) is 24.1 Å². The van der Waals surface area contributed by atoms with E-state index in [1.807, 2.05) is 24.3 Å². The summed E-state index contributed by atoms with van der Waals surface area (Å²) in [5, 5.41) is 2.31. The van der Waals surface area contributed by atoms with Crippen LogP contribution in [0.1, 0.15) is 28.8 Å². The van der Waals surface area contributed by atoms with E-state index in [1.165, 1.54) is 0 Å². The maximum absolute atomic E-state index is 12.7. The molecule has 27 heavy (non-hydrogen) atoms. The standard InChI is InChI=1S/C19H15N5O3/c25-16-6-5-15(18(26)23-16)24-8-11-7-10(1-2-12(11)19(24)27)13-3-4-14-17(22-13)21-9-20-14/h1-4,7,9,15H,5-6,8H2,(H,20,21,22)(H,23,25,26). The molecule has 0 bridgehead atoms. The lowest BCUT2D eigenvalue weighted by molar-refractivity contribution is -0.136. The molecule has 1 atom stereocenters. The van der Waals surface area contributed by atoms with E-state index in [-0.39, 0.29) is 18.2 Å². The molecule has 8 heteroatoms. The number of hydrogen-bond donors (Lipinski definition) is 2. The average Bonchev–Trinajstić information content (AvgIpc) is 3.25. The summed E-state index contributed by atoms with van der Waals surface area (Å²) in [6.07, 6.45) is 2.20. The molecule has 134 valence electrons. The van der Waals surface area contributed by atoms with Crippen molar-refractivity contribution in [2.24, 2.45) is 0 Å². The number of imide groups is 1. The van der Waals surface area contributed by atoms with Crippen molar-refractivity contribution < 1.29 is 14.4 Å². The van der Waals surface area contributed by atoms with E-state index in [2.05, 4.69) is 20.3 Å². The second-order valence-corrected chi connectivity index (χ2v) is 6.74. The summed E-state index contributed by atoms with van der Waals surface area (Å²) in [5.41, 5.74) is 4.59. The number of piperidine rings is 1. The van der Waals surface area contributed by atoms with Crippen LogP contribution in [0.15, 0.2) is 36.7 Å². The Kier molecular flexibility index (Phi) is 3.33. The van der Waals surface area contributed by atoms with Crippen LogP contribution in [0.5, 0.6) is 0 Å². The second kappa shape index (κ2) is 5.73. The van der Waals surface area contributed by atoms with Crippen LogP contribution in [0.25, 0.3) is 22.4 Å². The van der Waals surface area contributed by atoms with E-state index < -0.39 is 11.9 Å². The summed E-state index contributed by atoms with van der Waals surface area (Å²) in [6.45, 7) is 0.346. The SMILES string of the molecule is O=C1CCC(N2Cc3cc(-c4ccc5[nH]cnc5n4)ccc3C2=O)C(=O)N1. The third-order valence-electron chi connectivity index (χ3n) is 5.10. The number of imidazole rings is 1. The van der Waals surface area contributed by atoms with Gasteiger partial charge in [0.15, 0.2) is 5.65 Å². The van der Waals surface area contributed by atoms with Crippen molar-refractivity contribution in [2.45, 2.75) is 25.4 Å². The molecule has 2 aliphatic heterocycles. The Morgan fingerprint density at radius 1 is 1.11 bits per heavy atom. The lowest BCUT2D eigenvalue weighted by Gasteiger charge is -2.29. The maximum atomic E-state index is 12.7. The van der Waals surface area contributed by atoms with Gasteiger partial charge in [0.25, 0.3) is 5.91 Å². The molecule has 8 nitrogen and oxygen atoms in total. The van der Waals surface area contributed by atoms with Crippen molar-refractivity contribution in [2.75, 3.05) is 0 Å². The van der Waals surface area contributed by atoms with E-state index in [0.29, 0.717) is 24.2 Å². The molecule has 2 aromatic heterocycles. The molecule has 2 aliphatic rings. The molecule has 1 saturated heterocycles. The highest BCUT2D eigenvalue weighted by molar-refractivity contribution is 6.05. The molecule has 3 amide bonds. The molecule has 0 aliphatic carbocycles. The zero-order valence-corrected chi connectivity index (χ0v) is 14.2. The Hall–Kier alpha value is -3.55. The van der Waals surface area contributed by atoms with Gasteiger partial charge in [0.2, 0.25) is 11.8 Å². The number of amides is 3. The highest BCUT2D eigenvalue weighted by Crippen LogP contribution is 2.31. The molecule has 1 unspecified atom stereocenters. The van der Waals surface area contributed by atoms with Crippen LogP contribution in [0, 0.1) is 0 Å². The molecular weight excluding hydrogens is 346 g/mol. The number of benzene rings is 1. The Bertz CT molecular complexity index is 1120. The summed E-state index contributed by atoms with van der Waals surface area (Å²) in [5.74, 6) is -0.873. The number of H-pyrrole nitrogens is 1. The topological polar surface area (TPSA) is 108 Å². The van der Waals surface area contributed by atoms with Gasteiger partial charge < -0.3 is 9.88 Å². The Labute approximate surface area is 153 Å². The smallest absolute Gasteiger partial charge is 0.255 e. The fourth-order valence-corrected chi connectivity index (χ4v) is 3.72. The van der Waals surface area contributed by atoms with E-state index in [0.717, 1.165) is 22.3 Å². The van der Waals surface area contributed by atoms with Crippen LogP contribution in [0.4, 0.5) is 0 Å². The first-order valence-corrected chi connectivity index (χ1v) is 8.68. The lowest BCUT2D eigenvalue weighted by Crippen LogP contribution is -2.52. The number of carbonyl (C=O) groups is 3. The molecule has 0 radical (unpaired) electrons. The number of pyridine rings is 1. The number of fused-ring (bicyclic) bond motifs is 2. The van der Waals surface area contributed by atoms with Crippen molar-refractivity contribution in [3.8, 4) is 11.3 Å². The number of nitrogens with one attached hydrogen (secondary N) is 2. The first kappa shape index (κ1) is 15.7. The minimum Gasteiger partial charge on any atom is -0.343 e. The summed E-state index contributed by atoms with van der Waals surface area (Å²) >= 11 is 0. The van der Waals surface area contributed by atoms with Gasteiger partial charge in [-0.1, -0.05) is 6.07 Å². The minimum atomic E-state index is -0.607. The van der Waals surface area contributed by atoms with Crippen LogP contribution < -0.4 is 5.32 Å². The van der Waals surface area contributed by atoms with Crippen LogP contribution in [-0.4, -0.2) is 43.6 Å². The largest absolute Gasteiger partial charge is 0.343 e. The third kappa shape index (κ3) is 2.49. The number of aromatic nitrogens is 3. The van der Waals surface area contributed by atoms with Gasteiger partial charge in [-0.15, -0.1) is 0 Å². The minimum absolute atomic E-state index is 0.179. The first-order chi connectivity index (χ1) is 13.1. The molecule has 1 aromatic carbocycles. The van der Waals surface area contributed by atoms with Crippen LogP contribution in [0.3, 0.4) is 0 Å². The van der Waals surface area contributed by atoms with Crippen molar-refractivity contribution >= 4 is 28.9 Å². The summed E-state index contributed by atoms with van der Waals surface area (Å²) < 4.78 is 0. The molecule has 3 aromatic rings. The Morgan fingerprint density at radius 2 is 2.00 bits per heavy atom. The normalized spacial score (nSPS) is 19.5. The highest BCUT2D eigenvalue weighted by Gasteiger charge is 2.39. The van der Waals surface area contributed by atoms with E-state index >= 15 is 0 Å². The number of hydrogen-bond acceptors (Lipinski definition) is 5. The fraction of sp³-hybridized carbons (Fsp3) is 0.211. The van der Waals surface area contributed by atoms with Gasteiger partial charge in [-0.2, -0.15) is 0 Å². The van der Waals surface area contributed by atoms with Crippen molar-refractivity contribution in [1.29, 1.82) is 0 Å². The summed E-state index contributed by atoms with van der Waals surface area (Å²) in [4.78, 5) is 49.5. The Morgan fingerprint density at radius 3 is 2.85 bits per heavy atom. The number of rotatable bonds is 2. The average molecular weight is 361 g/mol. The number of carbonyl (C=O) groups excluding carboxylic acids is 3. The Balaban J connectivity index is 1.46. The van der Waals surface area contributed by atoms with E-state index in [9.17, 15) is 14.4 Å². The van der Waals surface area contributed by atoms with Gasteiger partial charge in [-0.3, -0.25) is 19.7 Å². The molecule has 1 fully saturated rings. The lowest BCUT2D eigenvalue weighted by atomic mass is 10.0. The summed E-state index contributed by atoms with van der Waals surface area (Å²) in [7, 11) is 0. The maximum Gasteiger partial charge on any atom is 0.255 e. The molecule has 0 saturated carbocycles. The van der Waals surface area contributed by atoms with Gasteiger partial charge in [-0.25, -0.2) is 9.97 Å². The van der Waals surface area contributed by atoms with Crippen molar-refractivity contribution in [1.82, 2.24) is 25.2 Å². The van der Waals surface area contributed by atoms with Crippen LogP contribution in [0.2, 0.25) is 0 Å². The second-order valence-electron chi connectivity index (χ2n) is 6.74. The predicted molar refractivity (Wildman–Crippen MR) is 95.4 cm³/mol. The molecule has 4 heterocycles. The number of nitrogens with zero attached hydrogens (tertiary/aromatic N) is 3.